The molecule has 1 atom stereocenters. The van der Waals surface area contributed by atoms with Gasteiger partial charge >= 0.3 is 5.97 Å². The van der Waals surface area contributed by atoms with E-state index in [9.17, 15) is 9.59 Å². The largest absolute Gasteiger partial charge is 0.480 e. The van der Waals surface area contributed by atoms with Crippen LogP contribution < -0.4 is 5.32 Å². The third-order valence-corrected chi connectivity index (χ3v) is 2.99. The number of carbonyl (C=O) groups is 2. The molecule has 0 heterocycles. The van der Waals surface area contributed by atoms with E-state index in [0.29, 0.717) is 25.8 Å². The molecule has 0 fully saturated rings. The lowest BCUT2D eigenvalue weighted by Gasteiger charge is -2.13. The van der Waals surface area contributed by atoms with Gasteiger partial charge in [0.05, 0.1) is 0 Å². The number of benzene rings is 1. The number of aryl methyl sites for hydroxylation is 1. The number of hydrogen-bond donors (Lipinski definition) is 2. The van der Waals surface area contributed by atoms with Crippen LogP contribution >= 0.6 is 0 Å². The van der Waals surface area contributed by atoms with Crippen LogP contribution in [0.2, 0.25) is 0 Å². The van der Waals surface area contributed by atoms with Crippen LogP contribution in [-0.4, -0.2) is 29.9 Å². The topological polar surface area (TPSA) is 66.4 Å². The van der Waals surface area contributed by atoms with Gasteiger partial charge < -0.3 is 15.2 Å². The second-order valence-electron chi connectivity index (χ2n) is 4.53. The average molecular weight is 263 g/mol. The van der Waals surface area contributed by atoms with Crippen molar-refractivity contribution >= 4 is 12.3 Å². The predicted octanol–water partition coefficient (Wildman–Crippen LogP) is 2.03. The Kier molecular flexibility index (Phi) is 7.51. The van der Waals surface area contributed by atoms with E-state index in [1.54, 1.807) is 0 Å². The summed E-state index contributed by atoms with van der Waals surface area (Å²) in [6.45, 7) is 0.674. The van der Waals surface area contributed by atoms with E-state index < -0.39 is 12.0 Å². The quantitative estimate of drug-likeness (QED) is 0.501. The van der Waals surface area contributed by atoms with Crippen LogP contribution in [0.25, 0.3) is 0 Å². The summed E-state index contributed by atoms with van der Waals surface area (Å²) in [5, 5.41) is 12.1. The molecule has 0 aliphatic carbocycles. The highest BCUT2D eigenvalue weighted by molar-refractivity contribution is 5.73. The minimum atomic E-state index is -0.842. The number of aliphatic carboxylic acids is 1. The molecule has 0 aliphatic heterocycles. The molecule has 4 nitrogen and oxygen atoms in total. The van der Waals surface area contributed by atoms with Gasteiger partial charge in [-0.3, -0.25) is 4.79 Å². The summed E-state index contributed by atoms with van der Waals surface area (Å²) in [4.78, 5) is 21.2. The molecule has 0 radical (unpaired) electrons. The van der Waals surface area contributed by atoms with Gasteiger partial charge in [-0.25, -0.2) is 0 Å². The first-order valence-electron chi connectivity index (χ1n) is 6.68. The van der Waals surface area contributed by atoms with Gasteiger partial charge in [-0.2, -0.15) is 0 Å². The van der Waals surface area contributed by atoms with Gasteiger partial charge in [0.25, 0.3) is 0 Å². The molecular formula is C15H21NO3. The molecule has 0 saturated heterocycles. The Balaban J connectivity index is 2.21. The Morgan fingerprint density at radius 1 is 1.26 bits per heavy atom. The highest BCUT2D eigenvalue weighted by atomic mass is 16.4. The molecule has 0 saturated carbocycles. The van der Waals surface area contributed by atoms with E-state index in [2.05, 4.69) is 17.4 Å². The fourth-order valence-electron chi connectivity index (χ4n) is 1.93. The zero-order valence-electron chi connectivity index (χ0n) is 11.0. The highest BCUT2D eigenvalue weighted by Gasteiger charge is 2.15. The monoisotopic (exact) mass is 263 g/mol. The summed E-state index contributed by atoms with van der Waals surface area (Å²) in [5.41, 5.74) is 1.26. The molecule has 1 unspecified atom stereocenters. The van der Waals surface area contributed by atoms with Crippen molar-refractivity contribution in [2.24, 2.45) is 0 Å². The van der Waals surface area contributed by atoms with Crippen molar-refractivity contribution in [1.29, 1.82) is 0 Å². The Morgan fingerprint density at radius 2 is 2.00 bits per heavy atom. The number of carboxylic acids is 1. The number of aldehydes is 1. The van der Waals surface area contributed by atoms with Gasteiger partial charge in [0.2, 0.25) is 0 Å². The molecule has 0 amide bonds. The fourth-order valence-corrected chi connectivity index (χ4v) is 1.93. The molecular weight excluding hydrogens is 242 g/mol. The van der Waals surface area contributed by atoms with Crippen LogP contribution in [0, 0.1) is 0 Å². The molecule has 4 heteroatoms. The van der Waals surface area contributed by atoms with E-state index >= 15 is 0 Å². The van der Waals surface area contributed by atoms with Crippen LogP contribution in [0.15, 0.2) is 30.3 Å². The van der Waals surface area contributed by atoms with Gasteiger partial charge in [-0.15, -0.1) is 0 Å². The smallest absolute Gasteiger partial charge is 0.320 e. The Morgan fingerprint density at radius 3 is 2.63 bits per heavy atom. The fraction of sp³-hybridized carbons (Fsp3) is 0.467. The zero-order chi connectivity index (χ0) is 13.9. The summed E-state index contributed by atoms with van der Waals surface area (Å²) in [6.07, 6.45) is 4.21. The highest BCUT2D eigenvalue weighted by Crippen LogP contribution is 2.03. The first-order chi connectivity index (χ1) is 9.24. The summed E-state index contributed by atoms with van der Waals surface area (Å²) < 4.78 is 0. The first-order valence-corrected chi connectivity index (χ1v) is 6.68. The number of carboxylic acid groups (broad SMARTS) is 1. The van der Waals surface area contributed by atoms with Crippen LogP contribution in [0.5, 0.6) is 0 Å². The van der Waals surface area contributed by atoms with Crippen molar-refractivity contribution in [1.82, 2.24) is 5.32 Å². The Bertz CT molecular complexity index is 378. The second kappa shape index (κ2) is 9.28. The van der Waals surface area contributed by atoms with Crippen LogP contribution in [-0.2, 0) is 16.0 Å². The number of rotatable bonds is 10. The minimum Gasteiger partial charge on any atom is -0.480 e. The SMILES string of the molecule is O=CCCCC(NCCCc1ccccc1)C(=O)O. The van der Waals surface area contributed by atoms with Gasteiger partial charge in [0.1, 0.15) is 12.3 Å². The summed E-state index contributed by atoms with van der Waals surface area (Å²) >= 11 is 0. The molecule has 0 spiro atoms. The maximum Gasteiger partial charge on any atom is 0.320 e. The van der Waals surface area contributed by atoms with Gasteiger partial charge in [0.15, 0.2) is 0 Å². The van der Waals surface area contributed by atoms with Gasteiger partial charge in [-0.1, -0.05) is 30.3 Å². The maximum atomic E-state index is 11.0. The average Bonchev–Trinajstić information content (AvgIpc) is 2.42. The number of carbonyl (C=O) groups excluding carboxylic acids is 1. The van der Waals surface area contributed by atoms with E-state index in [1.165, 1.54) is 5.56 Å². The molecule has 0 aliphatic rings. The third kappa shape index (κ3) is 6.72. The third-order valence-electron chi connectivity index (χ3n) is 2.99. The predicted molar refractivity (Wildman–Crippen MR) is 74.1 cm³/mol. The Hall–Kier alpha value is -1.68. The van der Waals surface area contributed by atoms with Crippen LogP contribution in [0.3, 0.4) is 0 Å². The van der Waals surface area contributed by atoms with E-state index in [4.69, 9.17) is 5.11 Å². The minimum absolute atomic E-state index is 0.426. The van der Waals surface area contributed by atoms with E-state index in [1.807, 2.05) is 18.2 Å². The lowest BCUT2D eigenvalue weighted by Crippen LogP contribution is -2.37. The first kappa shape index (κ1) is 15.4. The van der Waals surface area contributed by atoms with E-state index in [0.717, 1.165) is 19.1 Å². The lowest BCUT2D eigenvalue weighted by atomic mass is 10.1. The maximum absolute atomic E-state index is 11.0. The van der Waals surface area contributed by atoms with Crippen molar-refractivity contribution in [3.8, 4) is 0 Å². The Labute approximate surface area is 113 Å². The van der Waals surface area contributed by atoms with Gasteiger partial charge in [0, 0.05) is 6.42 Å². The second-order valence-corrected chi connectivity index (χ2v) is 4.53. The molecule has 0 bridgehead atoms. The summed E-state index contributed by atoms with van der Waals surface area (Å²) in [7, 11) is 0. The number of unbranched alkanes of at least 4 members (excludes halogenated alkanes) is 1. The van der Waals surface area contributed by atoms with Crippen LogP contribution in [0.4, 0.5) is 0 Å². The summed E-state index contributed by atoms with van der Waals surface area (Å²) in [5.74, 6) is -0.842. The molecule has 1 aromatic rings. The summed E-state index contributed by atoms with van der Waals surface area (Å²) in [6, 6.07) is 9.58. The van der Waals surface area contributed by atoms with Crippen LogP contribution in [0.1, 0.15) is 31.2 Å². The van der Waals surface area contributed by atoms with Gasteiger partial charge in [-0.05, 0) is 37.8 Å². The molecule has 1 aromatic carbocycles. The molecule has 0 aromatic heterocycles. The lowest BCUT2D eigenvalue weighted by molar-refractivity contribution is -0.139. The standard InChI is InChI=1S/C15H21NO3/c17-12-5-4-10-14(15(18)19)16-11-6-9-13-7-2-1-3-8-13/h1-3,7-8,12,14,16H,4-6,9-11H2,(H,18,19). The molecule has 1 rings (SSSR count). The van der Waals surface area contributed by atoms with E-state index in [-0.39, 0.29) is 0 Å². The molecule has 19 heavy (non-hydrogen) atoms. The molecule has 104 valence electrons. The normalized spacial score (nSPS) is 12.0. The molecule has 2 N–H and O–H groups in total. The number of hydrogen-bond acceptors (Lipinski definition) is 3. The van der Waals surface area contributed by atoms with Crippen molar-refractivity contribution in [3.05, 3.63) is 35.9 Å². The van der Waals surface area contributed by atoms with Crippen molar-refractivity contribution < 1.29 is 14.7 Å². The van der Waals surface area contributed by atoms with Crippen molar-refractivity contribution in [3.63, 3.8) is 0 Å². The zero-order valence-corrected chi connectivity index (χ0v) is 11.0. The number of nitrogens with one attached hydrogen (secondary N) is 1. The van der Waals surface area contributed by atoms with Crippen molar-refractivity contribution in [2.75, 3.05) is 6.54 Å². The van der Waals surface area contributed by atoms with Crippen molar-refractivity contribution in [2.45, 2.75) is 38.1 Å².